The second-order valence-electron chi connectivity index (χ2n) is 6.35. The number of ether oxygens (including phenoxy) is 1. The summed E-state index contributed by atoms with van der Waals surface area (Å²) in [6, 6.07) is 19.4. The van der Waals surface area contributed by atoms with Crippen molar-refractivity contribution in [1.29, 1.82) is 0 Å². The molecule has 1 aliphatic carbocycles. The van der Waals surface area contributed by atoms with E-state index in [-0.39, 0.29) is 0 Å². The van der Waals surface area contributed by atoms with Gasteiger partial charge in [0.1, 0.15) is 0 Å². The molecule has 2 aliphatic rings. The van der Waals surface area contributed by atoms with Crippen LogP contribution in [0.2, 0.25) is 0 Å². The minimum Gasteiger partial charge on any atom is -0.381 e. The van der Waals surface area contributed by atoms with Gasteiger partial charge in [0.05, 0.1) is 28.4 Å². The van der Waals surface area contributed by atoms with Crippen LogP contribution in [0.3, 0.4) is 0 Å². The lowest BCUT2D eigenvalue weighted by atomic mass is 9.56. The molecule has 1 saturated heterocycles. The molecule has 0 N–H and O–H groups in total. The summed E-state index contributed by atoms with van der Waals surface area (Å²) in [7, 11) is 0. The Morgan fingerprint density at radius 2 is 1.59 bits per heavy atom. The minimum atomic E-state index is 0.521. The third-order valence-corrected chi connectivity index (χ3v) is 6.40. The zero-order chi connectivity index (χ0) is 14.5. The van der Waals surface area contributed by atoms with Crippen LogP contribution in [0.4, 0.5) is 0 Å². The van der Waals surface area contributed by atoms with Gasteiger partial charge in [-0.05, 0) is 35.4 Å². The summed E-state index contributed by atoms with van der Waals surface area (Å²) in [5.74, 6) is 2.40. The van der Waals surface area contributed by atoms with E-state index in [2.05, 4.69) is 54.6 Å². The summed E-state index contributed by atoms with van der Waals surface area (Å²) >= 11 is 1.86. The Labute approximate surface area is 133 Å². The van der Waals surface area contributed by atoms with Gasteiger partial charge in [-0.2, -0.15) is 0 Å². The summed E-state index contributed by atoms with van der Waals surface area (Å²) in [6.45, 7) is 1.81. The fraction of sp³-hybridized carbons (Fsp3) is 0.316. The van der Waals surface area contributed by atoms with Gasteiger partial charge in [0, 0.05) is 5.92 Å². The number of thiazole rings is 1. The van der Waals surface area contributed by atoms with Crippen LogP contribution < -0.4 is 0 Å². The third-order valence-electron chi connectivity index (χ3n) is 5.26. The zero-order valence-electron chi connectivity index (χ0n) is 12.2. The smallest absolute Gasteiger partial charge is 0.0979 e. The van der Waals surface area contributed by atoms with Crippen LogP contribution in [-0.2, 0) is 4.74 Å². The van der Waals surface area contributed by atoms with Gasteiger partial charge in [-0.25, -0.2) is 4.98 Å². The molecule has 110 valence electrons. The first-order valence-corrected chi connectivity index (χ1v) is 8.71. The molecule has 2 aromatic carbocycles. The van der Waals surface area contributed by atoms with Gasteiger partial charge in [-0.15, -0.1) is 11.3 Å². The van der Waals surface area contributed by atoms with Crippen molar-refractivity contribution in [3.63, 3.8) is 0 Å². The van der Waals surface area contributed by atoms with Gasteiger partial charge in [0.15, 0.2) is 0 Å². The maximum Gasteiger partial charge on any atom is 0.0979 e. The zero-order valence-corrected chi connectivity index (χ0v) is 13.0. The number of benzene rings is 2. The van der Waals surface area contributed by atoms with E-state index in [0.29, 0.717) is 23.7 Å². The Kier molecular flexibility index (Phi) is 2.85. The van der Waals surface area contributed by atoms with Crippen LogP contribution in [0.25, 0.3) is 10.2 Å². The molecule has 1 aliphatic heterocycles. The van der Waals surface area contributed by atoms with E-state index in [4.69, 9.17) is 9.72 Å². The summed E-state index contributed by atoms with van der Waals surface area (Å²) in [6.07, 6.45) is 0. The predicted octanol–water partition coefficient (Wildman–Crippen LogP) is 4.44. The lowest BCUT2D eigenvalue weighted by Crippen LogP contribution is -2.42. The number of hydrogen-bond acceptors (Lipinski definition) is 3. The minimum absolute atomic E-state index is 0.521. The average molecular weight is 307 g/mol. The van der Waals surface area contributed by atoms with Gasteiger partial charge < -0.3 is 4.74 Å². The first-order valence-electron chi connectivity index (χ1n) is 7.90. The Morgan fingerprint density at radius 1 is 0.864 bits per heavy atom. The molecular weight excluding hydrogens is 290 g/mol. The molecule has 0 radical (unpaired) electrons. The lowest BCUT2D eigenvalue weighted by Gasteiger charge is -2.47. The summed E-state index contributed by atoms with van der Waals surface area (Å²) in [5.41, 5.74) is 2.58. The molecule has 1 saturated carbocycles. The molecule has 1 aromatic heterocycles. The first-order chi connectivity index (χ1) is 10.9. The first kappa shape index (κ1) is 12.8. The summed E-state index contributed by atoms with van der Waals surface area (Å²) in [4.78, 5) is 4.93. The van der Waals surface area contributed by atoms with E-state index in [1.165, 1.54) is 15.3 Å². The molecule has 2 nitrogen and oxygen atoms in total. The van der Waals surface area contributed by atoms with E-state index in [9.17, 15) is 0 Å². The molecule has 3 heteroatoms. The van der Waals surface area contributed by atoms with Gasteiger partial charge in [-0.1, -0.05) is 42.5 Å². The highest BCUT2D eigenvalue weighted by atomic mass is 32.1. The van der Waals surface area contributed by atoms with Crippen molar-refractivity contribution < 1.29 is 4.74 Å². The Morgan fingerprint density at radius 3 is 2.41 bits per heavy atom. The second kappa shape index (κ2) is 4.90. The van der Waals surface area contributed by atoms with Crippen molar-refractivity contribution in [2.75, 3.05) is 13.2 Å². The molecule has 5 rings (SSSR count). The van der Waals surface area contributed by atoms with E-state index in [1.807, 2.05) is 11.3 Å². The SMILES string of the molecule is c1ccc([C@H]2[C@@H]3COC[C@@H]3[C@H]2c2nc3ccccc3s2)cc1. The summed E-state index contributed by atoms with van der Waals surface area (Å²) < 4.78 is 7.08. The Hall–Kier alpha value is -1.71. The highest BCUT2D eigenvalue weighted by molar-refractivity contribution is 7.18. The van der Waals surface area contributed by atoms with Crippen molar-refractivity contribution in [2.24, 2.45) is 11.8 Å². The van der Waals surface area contributed by atoms with Gasteiger partial charge in [-0.3, -0.25) is 0 Å². The van der Waals surface area contributed by atoms with Crippen molar-refractivity contribution in [3.05, 3.63) is 65.2 Å². The normalized spacial score (nSPS) is 30.2. The molecular formula is C19H17NOS. The van der Waals surface area contributed by atoms with Gasteiger partial charge in [0.25, 0.3) is 0 Å². The van der Waals surface area contributed by atoms with Crippen LogP contribution in [0, 0.1) is 11.8 Å². The lowest BCUT2D eigenvalue weighted by molar-refractivity contribution is 0.142. The van der Waals surface area contributed by atoms with Crippen LogP contribution in [0.5, 0.6) is 0 Å². The molecule has 3 aromatic rings. The largest absolute Gasteiger partial charge is 0.381 e. The van der Waals surface area contributed by atoms with Crippen LogP contribution in [0.1, 0.15) is 22.4 Å². The highest BCUT2D eigenvalue weighted by Gasteiger charge is 2.55. The second-order valence-corrected chi connectivity index (χ2v) is 7.41. The summed E-state index contributed by atoms with van der Waals surface area (Å²) in [5, 5.41) is 1.29. The quantitative estimate of drug-likeness (QED) is 0.698. The molecule has 0 amide bonds. The molecule has 0 spiro atoms. The molecule has 2 heterocycles. The standard InChI is InChI=1S/C19H17NOS/c1-2-6-12(7-3-1)17-13-10-21-11-14(13)18(17)19-20-15-8-4-5-9-16(15)22-19/h1-9,13-14,17-18H,10-11H2/t13-,14+,17+,18-/m1/s1. The fourth-order valence-electron chi connectivity index (χ4n) is 4.21. The van der Waals surface area contributed by atoms with Crippen LogP contribution in [-0.4, -0.2) is 18.2 Å². The van der Waals surface area contributed by atoms with E-state index >= 15 is 0 Å². The Bertz CT molecular complexity index is 779. The number of para-hydroxylation sites is 1. The van der Waals surface area contributed by atoms with E-state index in [0.717, 1.165) is 18.7 Å². The highest BCUT2D eigenvalue weighted by Crippen LogP contribution is 2.60. The topological polar surface area (TPSA) is 22.1 Å². The van der Waals surface area contributed by atoms with Crippen LogP contribution >= 0.6 is 11.3 Å². The van der Waals surface area contributed by atoms with Crippen molar-refractivity contribution in [1.82, 2.24) is 4.98 Å². The fourth-order valence-corrected chi connectivity index (χ4v) is 5.41. The van der Waals surface area contributed by atoms with Crippen molar-refractivity contribution >= 4 is 21.6 Å². The Balaban J connectivity index is 1.59. The number of fused-ring (bicyclic) bond motifs is 2. The van der Waals surface area contributed by atoms with Crippen molar-refractivity contribution in [3.8, 4) is 0 Å². The monoisotopic (exact) mass is 307 g/mol. The maximum atomic E-state index is 5.79. The van der Waals surface area contributed by atoms with Gasteiger partial charge in [0.2, 0.25) is 0 Å². The van der Waals surface area contributed by atoms with Crippen molar-refractivity contribution in [2.45, 2.75) is 11.8 Å². The molecule has 0 bridgehead atoms. The van der Waals surface area contributed by atoms with E-state index < -0.39 is 0 Å². The predicted molar refractivity (Wildman–Crippen MR) is 89.3 cm³/mol. The molecule has 22 heavy (non-hydrogen) atoms. The average Bonchev–Trinajstić information content (AvgIpc) is 3.13. The number of nitrogens with zero attached hydrogens (tertiary/aromatic N) is 1. The molecule has 4 atom stereocenters. The molecule has 0 unspecified atom stereocenters. The van der Waals surface area contributed by atoms with Gasteiger partial charge >= 0.3 is 0 Å². The maximum absolute atomic E-state index is 5.79. The number of aromatic nitrogens is 1. The van der Waals surface area contributed by atoms with Crippen LogP contribution in [0.15, 0.2) is 54.6 Å². The number of hydrogen-bond donors (Lipinski definition) is 0. The van der Waals surface area contributed by atoms with E-state index in [1.54, 1.807) is 0 Å². The molecule has 2 fully saturated rings. The third kappa shape index (κ3) is 1.79. The number of rotatable bonds is 2.